The summed E-state index contributed by atoms with van der Waals surface area (Å²) in [7, 11) is 1.30. The van der Waals surface area contributed by atoms with Crippen molar-refractivity contribution >= 4 is 91.3 Å². The van der Waals surface area contributed by atoms with E-state index in [0.29, 0.717) is 36.8 Å². The molecule has 254 valence electrons. The molecule has 0 fully saturated rings. The Kier molecular flexibility index (Phi) is 13.3. The molecule has 9 heteroatoms. The number of rotatable bonds is 6. The van der Waals surface area contributed by atoms with Gasteiger partial charge in [-0.15, -0.1) is 0 Å². The molecule has 0 aliphatic carbocycles. The third-order valence-electron chi connectivity index (χ3n) is 7.51. The highest BCUT2D eigenvalue weighted by Gasteiger charge is 2.15. The summed E-state index contributed by atoms with van der Waals surface area (Å²) in [6.07, 6.45) is -0.214. The van der Waals surface area contributed by atoms with Crippen molar-refractivity contribution in [1.82, 2.24) is 0 Å². The predicted octanol–water partition coefficient (Wildman–Crippen LogP) is 12.0. The van der Waals surface area contributed by atoms with Gasteiger partial charge in [0.25, 0.3) is 0 Å². The summed E-state index contributed by atoms with van der Waals surface area (Å²) < 4.78 is 4.49. The summed E-state index contributed by atoms with van der Waals surface area (Å²) >= 11 is 23.1. The van der Waals surface area contributed by atoms with Crippen molar-refractivity contribution < 1.29 is 23.9 Å². The van der Waals surface area contributed by atoms with Crippen molar-refractivity contribution in [2.24, 2.45) is 0 Å². The van der Waals surface area contributed by atoms with Crippen molar-refractivity contribution in [3.05, 3.63) is 163 Å². The van der Waals surface area contributed by atoms with E-state index in [0.717, 1.165) is 27.3 Å². The smallest absolute Gasteiger partial charge is 0.337 e. The Bertz CT molecular complexity index is 2200. The van der Waals surface area contributed by atoms with Gasteiger partial charge in [0.15, 0.2) is 17.3 Å². The fraction of sp³-hybridized carbons (Fsp3) is 0.122. The standard InChI is InChI=1S/C20H14Cl2O2.C13H12O.C8H6Cl2O2/c1-12-2-3-14-7-15(5-4-13(14)6-12)19(23)11-20(24)16-8-17(21)10-18(22)9-16;1-9-3-4-13-8-11(10(2)14)5-6-12(13)7-9;1-12-8(11)5-2-6(9)4-7(10)3-5/h2-10H,11H2,1H3;3-8H,1-2H3;2-4H,1H3. The summed E-state index contributed by atoms with van der Waals surface area (Å²) in [5.74, 6) is -0.848. The first kappa shape index (κ1) is 38.3. The van der Waals surface area contributed by atoms with E-state index in [1.54, 1.807) is 25.1 Å². The van der Waals surface area contributed by atoms with Gasteiger partial charge < -0.3 is 4.74 Å². The van der Waals surface area contributed by atoms with Crippen LogP contribution in [0.5, 0.6) is 0 Å². The molecule has 0 bridgehead atoms. The van der Waals surface area contributed by atoms with Gasteiger partial charge >= 0.3 is 5.97 Å². The van der Waals surface area contributed by atoms with Gasteiger partial charge in [0, 0.05) is 36.8 Å². The number of aryl methyl sites for hydroxylation is 2. The zero-order valence-electron chi connectivity index (χ0n) is 27.7. The molecule has 0 N–H and O–H groups in total. The molecule has 0 heterocycles. The molecule has 0 aromatic heterocycles. The van der Waals surface area contributed by atoms with Crippen LogP contribution in [0.3, 0.4) is 0 Å². The van der Waals surface area contributed by atoms with Crippen molar-refractivity contribution in [2.45, 2.75) is 27.2 Å². The minimum atomic E-state index is -0.445. The highest BCUT2D eigenvalue weighted by molar-refractivity contribution is 6.36. The summed E-state index contributed by atoms with van der Waals surface area (Å²) in [5, 5.41) is 5.95. The lowest BCUT2D eigenvalue weighted by molar-refractivity contribution is 0.0600. The van der Waals surface area contributed by atoms with Gasteiger partial charge in [0.1, 0.15) is 0 Å². The molecule has 0 unspecified atom stereocenters. The number of carbonyl (C=O) groups is 4. The molecule has 5 nitrogen and oxygen atoms in total. The number of methoxy groups -OCH3 is 1. The normalized spacial score (nSPS) is 10.4. The molecule has 0 amide bonds. The van der Waals surface area contributed by atoms with Crippen LogP contribution >= 0.6 is 46.4 Å². The Labute approximate surface area is 310 Å². The second kappa shape index (κ2) is 17.4. The quantitative estimate of drug-likeness (QED) is 0.0963. The van der Waals surface area contributed by atoms with E-state index in [4.69, 9.17) is 46.4 Å². The van der Waals surface area contributed by atoms with Crippen LogP contribution in [-0.2, 0) is 4.74 Å². The van der Waals surface area contributed by atoms with Crippen LogP contribution in [0.4, 0.5) is 0 Å². The lowest BCUT2D eigenvalue weighted by Crippen LogP contribution is -2.08. The zero-order valence-corrected chi connectivity index (χ0v) is 30.7. The molecule has 0 saturated heterocycles. The largest absolute Gasteiger partial charge is 0.465 e. The molecule has 0 aliphatic heterocycles. The minimum absolute atomic E-state index is 0.118. The highest BCUT2D eigenvalue weighted by Crippen LogP contribution is 2.23. The molecule has 0 atom stereocenters. The summed E-state index contributed by atoms with van der Waals surface area (Å²) in [6, 6.07) is 32.7. The first-order valence-electron chi connectivity index (χ1n) is 15.3. The highest BCUT2D eigenvalue weighted by atomic mass is 35.5. The number of esters is 1. The number of carbonyl (C=O) groups excluding carboxylic acids is 4. The van der Waals surface area contributed by atoms with Gasteiger partial charge in [0.05, 0.1) is 19.1 Å². The molecule has 6 aromatic carbocycles. The van der Waals surface area contributed by atoms with E-state index in [1.165, 1.54) is 42.3 Å². The zero-order chi connectivity index (χ0) is 36.5. The van der Waals surface area contributed by atoms with E-state index < -0.39 is 5.97 Å². The van der Waals surface area contributed by atoms with Crippen LogP contribution in [0.1, 0.15) is 65.9 Å². The van der Waals surface area contributed by atoms with E-state index in [-0.39, 0.29) is 23.8 Å². The number of halogens is 4. The number of ketones is 3. The van der Waals surface area contributed by atoms with Crippen LogP contribution in [-0.4, -0.2) is 30.4 Å². The van der Waals surface area contributed by atoms with E-state index in [9.17, 15) is 19.2 Å². The Morgan fingerprint density at radius 1 is 0.480 bits per heavy atom. The van der Waals surface area contributed by atoms with Crippen molar-refractivity contribution in [3.8, 4) is 0 Å². The van der Waals surface area contributed by atoms with Crippen LogP contribution in [0, 0.1) is 13.8 Å². The molecular weight excluding hydrogens is 714 g/mol. The maximum atomic E-state index is 12.4. The second-order valence-electron chi connectivity index (χ2n) is 11.5. The molecule has 6 rings (SSSR count). The van der Waals surface area contributed by atoms with Crippen LogP contribution in [0.2, 0.25) is 20.1 Å². The minimum Gasteiger partial charge on any atom is -0.465 e. The first-order valence-corrected chi connectivity index (χ1v) is 16.8. The van der Waals surface area contributed by atoms with Gasteiger partial charge in [-0.3, -0.25) is 14.4 Å². The maximum absolute atomic E-state index is 12.4. The molecule has 50 heavy (non-hydrogen) atoms. The average molecular weight is 747 g/mol. The summed E-state index contributed by atoms with van der Waals surface area (Å²) in [4.78, 5) is 46.9. The van der Waals surface area contributed by atoms with Gasteiger partial charge in [0.2, 0.25) is 0 Å². The number of benzene rings is 6. The number of hydrogen-bond acceptors (Lipinski definition) is 5. The Morgan fingerprint density at radius 2 is 0.860 bits per heavy atom. The Hall–Kier alpha value is -4.52. The maximum Gasteiger partial charge on any atom is 0.337 e. The molecule has 0 saturated carbocycles. The van der Waals surface area contributed by atoms with Crippen molar-refractivity contribution in [3.63, 3.8) is 0 Å². The van der Waals surface area contributed by atoms with Gasteiger partial charge in [-0.05, 0) is 90.8 Å². The SMILES string of the molecule is CC(=O)c1ccc2cc(C)ccc2c1.COC(=O)c1cc(Cl)cc(Cl)c1.Cc1ccc2cc(C(=O)CC(=O)c3cc(Cl)cc(Cl)c3)ccc2c1. The third-order valence-corrected chi connectivity index (χ3v) is 8.38. The van der Waals surface area contributed by atoms with Gasteiger partial charge in [-0.1, -0.05) is 118 Å². The molecule has 0 spiro atoms. The van der Waals surface area contributed by atoms with E-state index in [2.05, 4.69) is 35.9 Å². The fourth-order valence-corrected chi connectivity index (χ4v) is 6.03. The van der Waals surface area contributed by atoms with E-state index in [1.807, 2.05) is 49.4 Å². The van der Waals surface area contributed by atoms with Crippen LogP contribution < -0.4 is 0 Å². The topological polar surface area (TPSA) is 77.5 Å². The third kappa shape index (κ3) is 10.7. The fourth-order valence-electron chi connectivity index (χ4n) is 4.98. The number of hydrogen-bond donors (Lipinski definition) is 0. The van der Waals surface area contributed by atoms with Gasteiger partial charge in [-0.2, -0.15) is 0 Å². The first-order chi connectivity index (χ1) is 23.7. The van der Waals surface area contributed by atoms with Crippen molar-refractivity contribution in [2.75, 3.05) is 7.11 Å². The Morgan fingerprint density at radius 3 is 1.32 bits per heavy atom. The lowest BCUT2D eigenvalue weighted by atomic mass is 9.98. The molecule has 0 aliphatic rings. The monoisotopic (exact) mass is 744 g/mol. The number of fused-ring (bicyclic) bond motifs is 2. The van der Waals surface area contributed by atoms with Crippen LogP contribution in [0.15, 0.2) is 109 Å². The molecule has 0 radical (unpaired) electrons. The Balaban J connectivity index is 0.000000184. The van der Waals surface area contributed by atoms with E-state index >= 15 is 0 Å². The molecule has 6 aromatic rings. The average Bonchev–Trinajstić information content (AvgIpc) is 3.07. The molecular formula is C41H32Cl4O5. The summed E-state index contributed by atoms with van der Waals surface area (Å²) in [5.41, 5.74) is 4.41. The van der Waals surface area contributed by atoms with Gasteiger partial charge in [-0.25, -0.2) is 4.79 Å². The summed E-state index contributed by atoms with van der Waals surface area (Å²) in [6.45, 7) is 5.68. The van der Waals surface area contributed by atoms with Crippen molar-refractivity contribution in [1.29, 1.82) is 0 Å². The number of Topliss-reactive ketones (excluding diaryl/α,β-unsaturated/α-hetero) is 3. The number of ether oxygens (including phenoxy) is 1. The lowest BCUT2D eigenvalue weighted by Gasteiger charge is -2.05. The second-order valence-corrected chi connectivity index (χ2v) is 13.3. The van der Waals surface area contributed by atoms with Crippen LogP contribution in [0.25, 0.3) is 21.5 Å². The predicted molar refractivity (Wildman–Crippen MR) is 205 cm³/mol.